The average molecular weight is 368 g/mol. The van der Waals surface area contributed by atoms with Crippen LogP contribution in [-0.2, 0) is 5.75 Å². The minimum atomic E-state index is -0.137. The number of anilines is 1. The summed E-state index contributed by atoms with van der Waals surface area (Å²) in [5.41, 5.74) is 0.603. The predicted octanol–water partition coefficient (Wildman–Crippen LogP) is 0.336. The third kappa shape index (κ3) is 4.53. The first-order valence-corrected chi connectivity index (χ1v) is 9.55. The maximum atomic E-state index is 11.9. The van der Waals surface area contributed by atoms with Crippen molar-refractivity contribution in [3.63, 3.8) is 0 Å². The molecule has 2 aromatic heterocycles. The van der Waals surface area contributed by atoms with Crippen molar-refractivity contribution >= 4 is 29.0 Å². The number of aromatic amines is 1. The molecule has 0 amide bonds. The number of aliphatic hydroxyl groups is 1. The van der Waals surface area contributed by atoms with Crippen LogP contribution in [0.2, 0.25) is 0 Å². The molecular formula is C14H20N6O2S2. The Morgan fingerprint density at radius 1 is 1.33 bits per heavy atom. The van der Waals surface area contributed by atoms with Crippen LogP contribution in [-0.4, -0.2) is 69.5 Å². The van der Waals surface area contributed by atoms with Gasteiger partial charge in [-0.25, -0.2) is 4.98 Å². The van der Waals surface area contributed by atoms with Gasteiger partial charge in [0.1, 0.15) is 5.01 Å². The number of thioether (sulfide) groups is 1. The van der Waals surface area contributed by atoms with Gasteiger partial charge in [0.25, 0.3) is 5.56 Å². The van der Waals surface area contributed by atoms with Crippen molar-refractivity contribution in [1.82, 2.24) is 25.1 Å². The van der Waals surface area contributed by atoms with E-state index in [-0.39, 0.29) is 12.2 Å². The summed E-state index contributed by atoms with van der Waals surface area (Å²) < 4.78 is 0.883. The second-order valence-electron chi connectivity index (χ2n) is 5.49. The van der Waals surface area contributed by atoms with E-state index >= 15 is 0 Å². The van der Waals surface area contributed by atoms with Gasteiger partial charge in [-0.3, -0.25) is 14.7 Å². The predicted molar refractivity (Wildman–Crippen MR) is 94.8 cm³/mol. The number of aryl methyl sites for hydroxylation is 1. The molecule has 10 heteroatoms. The van der Waals surface area contributed by atoms with E-state index in [1.165, 1.54) is 17.4 Å². The maximum absolute atomic E-state index is 11.9. The highest BCUT2D eigenvalue weighted by atomic mass is 32.2. The van der Waals surface area contributed by atoms with Crippen molar-refractivity contribution in [2.24, 2.45) is 0 Å². The van der Waals surface area contributed by atoms with Crippen LogP contribution in [0.25, 0.3) is 0 Å². The molecule has 0 atom stereocenters. The van der Waals surface area contributed by atoms with Gasteiger partial charge < -0.3 is 10.0 Å². The second-order valence-corrected chi connectivity index (χ2v) is 7.89. The Bertz CT molecular complexity index is 726. The first kappa shape index (κ1) is 17.3. The summed E-state index contributed by atoms with van der Waals surface area (Å²) in [6.45, 7) is 6.06. The number of β-amino-alcohol motifs (C(OH)–C–C–N with tert-alkyl or cyclic N) is 1. The smallest absolute Gasteiger partial charge is 0.252 e. The molecule has 0 aliphatic carbocycles. The first-order chi connectivity index (χ1) is 11.6. The Hall–Kier alpha value is -1.49. The van der Waals surface area contributed by atoms with Crippen molar-refractivity contribution in [3.05, 3.63) is 27.1 Å². The molecule has 0 spiro atoms. The van der Waals surface area contributed by atoms with E-state index in [1.54, 1.807) is 11.8 Å². The topological polar surface area (TPSA) is 98.2 Å². The number of aliphatic hydroxyl groups excluding tert-OH is 1. The number of H-pyrrole nitrogens is 1. The number of hydrogen-bond donors (Lipinski definition) is 2. The third-order valence-corrected chi connectivity index (χ3v) is 5.73. The molecule has 0 saturated carbocycles. The van der Waals surface area contributed by atoms with Gasteiger partial charge in [0.2, 0.25) is 5.95 Å². The van der Waals surface area contributed by atoms with E-state index < -0.39 is 0 Å². The highest BCUT2D eigenvalue weighted by Crippen LogP contribution is 2.25. The molecule has 1 saturated heterocycles. The molecule has 0 bridgehead atoms. The lowest BCUT2D eigenvalue weighted by Gasteiger charge is -2.34. The molecule has 1 aliphatic heterocycles. The van der Waals surface area contributed by atoms with Gasteiger partial charge in [0, 0.05) is 44.5 Å². The van der Waals surface area contributed by atoms with Gasteiger partial charge in [-0.2, -0.15) is 0 Å². The molecule has 1 aliphatic rings. The summed E-state index contributed by atoms with van der Waals surface area (Å²) in [6, 6.07) is 1.53. The molecule has 3 heterocycles. The Balaban J connectivity index is 1.64. The normalized spacial score (nSPS) is 15.8. The molecule has 0 radical (unpaired) electrons. The number of nitrogens with one attached hydrogen (secondary N) is 1. The Kier molecular flexibility index (Phi) is 5.82. The fourth-order valence-electron chi connectivity index (χ4n) is 2.51. The SMILES string of the molecule is Cc1nnc(SCc2cc(=O)[nH]c(N3CCN(CCO)CC3)n2)s1. The van der Waals surface area contributed by atoms with E-state index in [9.17, 15) is 4.79 Å². The van der Waals surface area contributed by atoms with Crippen molar-refractivity contribution in [2.75, 3.05) is 44.2 Å². The Morgan fingerprint density at radius 2 is 2.12 bits per heavy atom. The van der Waals surface area contributed by atoms with Gasteiger partial charge in [-0.15, -0.1) is 10.2 Å². The largest absolute Gasteiger partial charge is 0.395 e. The zero-order valence-corrected chi connectivity index (χ0v) is 15.1. The minimum absolute atomic E-state index is 0.137. The van der Waals surface area contributed by atoms with Gasteiger partial charge in [0.05, 0.1) is 12.3 Å². The Labute approximate surface area is 147 Å². The zero-order valence-electron chi connectivity index (χ0n) is 13.4. The van der Waals surface area contributed by atoms with Crippen LogP contribution in [0.3, 0.4) is 0 Å². The highest BCUT2D eigenvalue weighted by Gasteiger charge is 2.18. The monoisotopic (exact) mass is 368 g/mol. The van der Waals surface area contributed by atoms with Crippen LogP contribution in [0, 0.1) is 6.92 Å². The van der Waals surface area contributed by atoms with Crippen molar-refractivity contribution < 1.29 is 5.11 Å². The molecule has 0 aromatic carbocycles. The van der Waals surface area contributed by atoms with Crippen LogP contribution >= 0.6 is 23.1 Å². The molecule has 24 heavy (non-hydrogen) atoms. The lowest BCUT2D eigenvalue weighted by molar-refractivity contribution is 0.188. The van der Waals surface area contributed by atoms with Crippen molar-refractivity contribution in [1.29, 1.82) is 0 Å². The fourth-order valence-corrected chi connectivity index (χ4v) is 4.22. The highest BCUT2D eigenvalue weighted by molar-refractivity contribution is 8.00. The van der Waals surface area contributed by atoms with Crippen LogP contribution < -0.4 is 10.5 Å². The van der Waals surface area contributed by atoms with E-state index in [1.807, 2.05) is 6.92 Å². The van der Waals surface area contributed by atoms with E-state index in [2.05, 4.69) is 30.0 Å². The fraction of sp³-hybridized carbons (Fsp3) is 0.571. The lowest BCUT2D eigenvalue weighted by atomic mass is 10.3. The lowest BCUT2D eigenvalue weighted by Crippen LogP contribution is -2.48. The molecule has 1 fully saturated rings. The van der Waals surface area contributed by atoms with Crippen LogP contribution in [0.15, 0.2) is 15.2 Å². The summed E-state index contributed by atoms with van der Waals surface area (Å²) >= 11 is 3.08. The Morgan fingerprint density at radius 3 is 2.79 bits per heavy atom. The van der Waals surface area contributed by atoms with Gasteiger partial charge >= 0.3 is 0 Å². The average Bonchev–Trinajstić information content (AvgIpc) is 2.99. The zero-order chi connectivity index (χ0) is 16.9. The molecule has 130 valence electrons. The standard InChI is InChI=1S/C14H20N6O2S2/c1-10-17-18-14(24-10)23-9-11-8-12(22)16-13(15-11)20-4-2-19(3-5-20)6-7-21/h8,21H,2-7,9H2,1H3,(H,15,16,22). The third-order valence-electron chi connectivity index (χ3n) is 3.72. The number of rotatable bonds is 6. The van der Waals surface area contributed by atoms with Gasteiger partial charge in [0.15, 0.2) is 4.34 Å². The molecule has 0 unspecified atom stereocenters. The molecule has 2 N–H and O–H groups in total. The number of aromatic nitrogens is 4. The number of nitrogens with zero attached hydrogens (tertiary/aromatic N) is 5. The summed E-state index contributed by atoms with van der Waals surface area (Å²) in [4.78, 5) is 23.6. The van der Waals surface area contributed by atoms with Gasteiger partial charge in [-0.1, -0.05) is 23.1 Å². The van der Waals surface area contributed by atoms with Crippen LogP contribution in [0.5, 0.6) is 0 Å². The van der Waals surface area contributed by atoms with E-state index in [4.69, 9.17) is 5.11 Å². The number of piperazine rings is 1. The van der Waals surface area contributed by atoms with E-state index in [0.717, 1.165) is 41.2 Å². The minimum Gasteiger partial charge on any atom is -0.395 e. The molecule has 2 aromatic rings. The summed E-state index contributed by atoms with van der Waals surface area (Å²) in [5.74, 6) is 1.21. The van der Waals surface area contributed by atoms with Gasteiger partial charge in [-0.05, 0) is 6.92 Å². The van der Waals surface area contributed by atoms with Crippen LogP contribution in [0.4, 0.5) is 5.95 Å². The maximum Gasteiger partial charge on any atom is 0.252 e. The quantitative estimate of drug-likeness (QED) is 0.704. The van der Waals surface area contributed by atoms with E-state index in [0.29, 0.717) is 18.2 Å². The number of hydrogen-bond acceptors (Lipinski definition) is 9. The molecule has 8 nitrogen and oxygen atoms in total. The van der Waals surface area contributed by atoms with Crippen LogP contribution in [0.1, 0.15) is 10.7 Å². The van der Waals surface area contributed by atoms with Crippen molar-refractivity contribution in [2.45, 2.75) is 17.0 Å². The van der Waals surface area contributed by atoms with Crippen molar-refractivity contribution in [3.8, 4) is 0 Å². The second kappa shape index (κ2) is 8.06. The summed E-state index contributed by atoms with van der Waals surface area (Å²) in [6.07, 6.45) is 0. The molecule has 3 rings (SSSR count). The summed E-state index contributed by atoms with van der Waals surface area (Å²) in [7, 11) is 0. The summed E-state index contributed by atoms with van der Waals surface area (Å²) in [5, 5.41) is 18.0. The first-order valence-electron chi connectivity index (χ1n) is 7.75. The molecular weight excluding hydrogens is 348 g/mol.